The van der Waals surface area contributed by atoms with Gasteiger partial charge in [0.05, 0.1) is 0 Å². The molecule has 2 aromatic heterocycles. The van der Waals surface area contributed by atoms with Gasteiger partial charge in [-0.15, -0.1) is 5.10 Å². The molecular weight excluding hydrogens is 444 g/mol. The predicted molar refractivity (Wildman–Crippen MR) is 142 cm³/mol. The number of nitrogen functional groups attached to an aromatic ring is 1. The molecule has 4 unspecified atom stereocenters. The minimum absolute atomic E-state index is 0.168. The number of aromatic amines is 1. The average molecular weight is 479 g/mol. The smallest absolute Gasteiger partial charge is 0.178 e. The van der Waals surface area contributed by atoms with E-state index < -0.39 is 0 Å². The van der Waals surface area contributed by atoms with Gasteiger partial charge in [0.25, 0.3) is 0 Å². The number of hydrogen-bond acceptors (Lipinski definition) is 5. The number of rotatable bonds is 7. The van der Waals surface area contributed by atoms with E-state index in [2.05, 4.69) is 86.4 Å². The minimum atomic E-state index is 0.168. The number of benzene rings is 2. The third-order valence-electron chi connectivity index (χ3n) is 9.38. The van der Waals surface area contributed by atoms with Crippen molar-refractivity contribution in [3.8, 4) is 0 Å². The Kier molecular flexibility index (Phi) is 5.31. The molecule has 4 bridgehead atoms. The predicted octanol–water partition coefficient (Wildman–Crippen LogP) is 5.19. The summed E-state index contributed by atoms with van der Waals surface area (Å²) < 4.78 is 0. The summed E-state index contributed by atoms with van der Waals surface area (Å²) in [5.41, 5.74) is 11.9. The molecular formula is C30H34N6. The van der Waals surface area contributed by atoms with E-state index in [1.54, 1.807) is 5.56 Å². The van der Waals surface area contributed by atoms with Gasteiger partial charge in [-0.2, -0.15) is 0 Å². The summed E-state index contributed by atoms with van der Waals surface area (Å²) >= 11 is 0. The van der Waals surface area contributed by atoms with E-state index in [-0.39, 0.29) is 11.3 Å². The van der Waals surface area contributed by atoms with Crippen molar-refractivity contribution in [2.24, 2.45) is 17.8 Å². The first-order valence-corrected chi connectivity index (χ1v) is 13.5. The second kappa shape index (κ2) is 8.70. The molecule has 4 atom stereocenters. The van der Waals surface area contributed by atoms with Crippen LogP contribution in [0.2, 0.25) is 0 Å². The van der Waals surface area contributed by atoms with Crippen molar-refractivity contribution in [3.05, 3.63) is 83.4 Å². The first kappa shape index (κ1) is 22.0. The van der Waals surface area contributed by atoms with Gasteiger partial charge in [0.1, 0.15) is 11.3 Å². The van der Waals surface area contributed by atoms with Crippen LogP contribution in [-0.2, 0) is 5.41 Å². The van der Waals surface area contributed by atoms with E-state index in [1.165, 1.54) is 37.7 Å². The third kappa shape index (κ3) is 3.62. The lowest BCUT2D eigenvalue weighted by Gasteiger charge is -2.62. The average Bonchev–Trinajstić information content (AvgIpc) is 3.37. The monoisotopic (exact) mass is 478 g/mol. The van der Waals surface area contributed by atoms with E-state index in [9.17, 15) is 0 Å². The van der Waals surface area contributed by atoms with Gasteiger partial charge in [-0.05, 0) is 85.6 Å². The number of nitrogens with two attached hydrogens (primary N) is 1. The Labute approximate surface area is 212 Å². The number of aromatic nitrogens is 4. The molecule has 4 aliphatic carbocycles. The number of nitrogens with one attached hydrogen (secondary N) is 2. The lowest BCUT2D eigenvalue weighted by atomic mass is 9.45. The number of anilines is 1. The molecule has 0 amide bonds. The zero-order valence-corrected chi connectivity index (χ0v) is 20.6. The summed E-state index contributed by atoms with van der Waals surface area (Å²) in [5.74, 6) is 3.25. The summed E-state index contributed by atoms with van der Waals surface area (Å²) in [5, 5.41) is 15.4. The molecule has 4 aliphatic rings. The Morgan fingerprint density at radius 1 is 0.972 bits per heavy atom. The molecule has 0 spiro atoms. The van der Waals surface area contributed by atoms with Crippen molar-refractivity contribution in [1.29, 1.82) is 0 Å². The zero-order chi connectivity index (χ0) is 24.1. The van der Waals surface area contributed by atoms with Crippen molar-refractivity contribution >= 4 is 17.0 Å². The van der Waals surface area contributed by atoms with Gasteiger partial charge in [-0.1, -0.05) is 65.9 Å². The number of fused-ring (bicyclic) bond motifs is 1. The minimum Gasteiger partial charge on any atom is -0.384 e. The maximum absolute atomic E-state index is 6.20. The highest BCUT2D eigenvalue weighted by molar-refractivity contribution is 5.77. The normalized spacial score (nSPS) is 29.6. The Balaban J connectivity index is 1.19. The molecule has 6 nitrogen and oxygen atoms in total. The second-order valence-electron chi connectivity index (χ2n) is 11.5. The second-order valence-corrected chi connectivity index (χ2v) is 11.5. The summed E-state index contributed by atoms with van der Waals surface area (Å²) in [7, 11) is 0. The molecule has 0 aliphatic heterocycles. The lowest BCUT2D eigenvalue weighted by molar-refractivity contribution is -0.0382. The Bertz CT molecular complexity index is 1340. The molecule has 2 heterocycles. The van der Waals surface area contributed by atoms with Gasteiger partial charge in [0, 0.05) is 17.4 Å². The van der Waals surface area contributed by atoms with Crippen molar-refractivity contribution in [2.75, 3.05) is 12.3 Å². The van der Waals surface area contributed by atoms with Crippen molar-refractivity contribution in [3.63, 3.8) is 0 Å². The van der Waals surface area contributed by atoms with Gasteiger partial charge < -0.3 is 11.1 Å². The third-order valence-corrected chi connectivity index (χ3v) is 9.38. The van der Waals surface area contributed by atoms with Gasteiger partial charge in [-0.3, -0.25) is 0 Å². The van der Waals surface area contributed by atoms with Crippen LogP contribution in [0, 0.1) is 17.8 Å². The maximum Gasteiger partial charge on any atom is 0.178 e. The molecule has 8 rings (SSSR count). The van der Waals surface area contributed by atoms with Gasteiger partial charge in [-0.25, -0.2) is 10.1 Å². The quantitative estimate of drug-likeness (QED) is 0.340. The van der Waals surface area contributed by atoms with Crippen LogP contribution in [0.15, 0.2) is 66.7 Å². The van der Waals surface area contributed by atoms with E-state index in [1.807, 2.05) is 6.07 Å². The maximum atomic E-state index is 6.20. The van der Waals surface area contributed by atoms with Crippen molar-refractivity contribution in [1.82, 2.24) is 25.7 Å². The molecule has 184 valence electrons. The first-order chi connectivity index (χ1) is 17.7. The number of nitrogens with zero attached hydrogens (tertiary/aromatic N) is 3. The molecule has 2 aromatic carbocycles. The highest BCUT2D eigenvalue weighted by Gasteiger charge is 2.57. The van der Waals surface area contributed by atoms with Crippen LogP contribution >= 0.6 is 0 Å². The highest BCUT2D eigenvalue weighted by atomic mass is 15.3. The molecule has 36 heavy (non-hydrogen) atoms. The fourth-order valence-electron chi connectivity index (χ4n) is 8.31. The molecule has 0 saturated heterocycles. The van der Waals surface area contributed by atoms with Crippen LogP contribution in [0.3, 0.4) is 0 Å². The zero-order valence-electron chi connectivity index (χ0n) is 20.6. The summed E-state index contributed by atoms with van der Waals surface area (Å²) in [6.07, 6.45) is 7.88. The molecule has 4 N–H and O–H groups in total. The molecule has 6 heteroatoms. The van der Waals surface area contributed by atoms with Gasteiger partial charge >= 0.3 is 0 Å². The van der Waals surface area contributed by atoms with Gasteiger partial charge in [0.15, 0.2) is 5.65 Å². The van der Waals surface area contributed by atoms with E-state index in [0.717, 1.165) is 41.8 Å². The number of H-pyrrole nitrogens is 1. The number of hydrogen-bond donors (Lipinski definition) is 3. The molecule has 4 saturated carbocycles. The summed E-state index contributed by atoms with van der Waals surface area (Å²) in [6.45, 7) is 0.951. The first-order valence-electron chi connectivity index (χ1n) is 13.5. The Hall–Kier alpha value is -3.25. The number of pyridine rings is 1. The summed E-state index contributed by atoms with van der Waals surface area (Å²) in [4.78, 5) is 4.40. The van der Waals surface area contributed by atoms with Crippen LogP contribution < -0.4 is 11.1 Å². The van der Waals surface area contributed by atoms with E-state index >= 15 is 0 Å². The largest absolute Gasteiger partial charge is 0.384 e. The van der Waals surface area contributed by atoms with Crippen LogP contribution in [0.5, 0.6) is 0 Å². The summed E-state index contributed by atoms with van der Waals surface area (Å²) in [6, 6.07) is 24.6. The van der Waals surface area contributed by atoms with E-state index in [4.69, 9.17) is 5.73 Å². The fourth-order valence-corrected chi connectivity index (χ4v) is 8.31. The van der Waals surface area contributed by atoms with Crippen LogP contribution in [0.25, 0.3) is 11.2 Å². The van der Waals surface area contributed by atoms with E-state index in [0.29, 0.717) is 17.5 Å². The van der Waals surface area contributed by atoms with Crippen LogP contribution in [0.4, 0.5) is 5.82 Å². The molecule has 4 fully saturated rings. The standard InChI is InChI=1S/C30H34N6/c31-26-16-25(27-29(33-26)35-36-34-27)24(21-7-3-1-4-8-21)11-12-32-28-22-14-19-13-20(15-22)18-30(28,17-19)23-9-5-2-6-10-23/h1-10,16,19-20,22,24,28,32H,11-15,17-18H2,(H3,31,33,34,35,36). The van der Waals surface area contributed by atoms with Crippen LogP contribution in [-0.4, -0.2) is 33.0 Å². The lowest BCUT2D eigenvalue weighted by Crippen LogP contribution is -2.63. The van der Waals surface area contributed by atoms with Gasteiger partial charge in [0.2, 0.25) is 0 Å². The fraction of sp³-hybridized carbons (Fsp3) is 0.433. The topological polar surface area (TPSA) is 92.5 Å². The molecule has 4 aromatic rings. The molecule has 0 radical (unpaired) electrons. The SMILES string of the molecule is Nc1cc(C(CCNC2C3CC4CC(C3)CC2(c2ccccc2)C4)c2ccccc2)c2nn[nH]c2n1. The highest BCUT2D eigenvalue weighted by Crippen LogP contribution is 2.60. The van der Waals surface area contributed by atoms with Crippen molar-refractivity contribution < 1.29 is 0 Å². The Morgan fingerprint density at radius 2 is 1.69 bits per heavy atom. The Morgan fingerprint density at radius 3 is 2.44 bits per heavy atom. The van der Waals surface area contributed by atoms with Crippen molar-refractivity contribution in [2.45, 2.75) is 55.9 Å². The van der Waals surface area contributed by atoms with Crippen LogP contribution in [0.1, 0.15) is 61.1 Å².